The smallest absolute Gasteiger partial charge is 0.410 e. The Morgan fingerprint density at radius 2 is 1.79 bits per heavy atom. The van der Waals surface area contributed by atoms with Crippen molar-refractivity contribution in [3.63, 3.8) is 0 Å². The first-order chi connectivity index (χ1) is 25.3. The third-order valence-electron chi connectivity index (χ3n) is 8.88. The zero-order valence-corrected chi connectivity index (χ0v) is 30.6. The number of halogens is 1. The van der Waals surface area contributed by atoms with Gasteiger partial charge in [-0.05, 0) is 94.0 Å². The Hall–Kier alpha value is -5.63. The number of nitrogens with zero attached hydrogens (tertiary/aromatic N) is 5. The van der Waals surface area contributed by atoms with Crippen molar-refractivity contribution in [1.29, 1.82) is 0 Å². The molecule has 1 amide bonds. The van der Waals surface area contributed by atoms with Crippen LogP contribution in [0.4, 0.5) is 15.1 Å². The summed E-state index contributed by atoms with van der Waals surface area (Å²) in [5.41, 5.74) is 2.05. The molecule has 0 saturated carbocycles. The molecule has 1 aliphatic rings. The fraction of sp³-hybridized carbons (Fsp3) is 0.308. The number of hydrogen-bond acceptors (Lipinski definition) is 11. The monoisotopic (exact) mass is 738 g/mol. The molecule has 1 saturated heterocycles. The molecule has 53 heavy (non-hydrogen) atoms. The van der Waals surface area contributed by atoms with Crippen LogP contribution in [0.3, 0.4) is 0 Å². The molecule has 0 unspecified atom stereocenters. The molecule has 1 fully saturated rings. The van der Waals surface area contributed by atoms with Gasteiger partial charge in [0.1, 0.15) is 22.9 Å². The molecule has 0 spiro atoms. The summed E-state index contributed by atoms with van der Waals surface area (Å²) in [5, 5.41) is 8.85. The van der Waals surface area contributed by atoms with E-state index in [1.165, 1.54) is 6.07 Å². The average Bonchev–Trinajstić information content (AvgIpc) is 3.52. The number of rotatable bonds is 9. The Bertz CT molecular complexity index is 2430. The van der Waals surface area contributed by atoms with Crippen LogP contribution in [0.2, 0.25) is 0 Å². The lowest BCUT2D eigenvalue weighted by atomic mass is 10.0. The fourth-order valence-electron chi connectivity index (χ4n) is 6.44. The number of amides is 1. The third kappa shape index (κ3) is 8.07. The Morgan fingerprint density at radius 1 is 0.981 bits per heavy atom. The Morgan fingerprint density at radius 3 is 2.62 bits per heavy atom. The number of piperidine rings is 1. The molecule has 7 rings (SSSR count). The van der Waals surface area contributed by atoms with Crippen LogP contribution < -0.4 is 10.1 Å². The first kappa shape index (κ1) is 35.8. The van der Waals surface area contributed by atoms with Crippen molar-refractivity contribution in [2.24, 2.45) is 0 Å². The maximum Gasteiger partial charge on any atom is 0.410 e. The van der Waals surface area contributed by atoms with Gasteiger partial charge in [0, 0.05) is 47.9 Å². The number of benzene rings is 3. The van der Waals surface area contributed by atoms with Crippen molar-refractivity contribution >= 4 is 43.6 Å². The van der Waals surface area contributed by atoms with Gasteiger partial charge in [-0.3, -0.25) is 0 Å². The zero-order chi connectivity index (χ0) is 37.3. The standard InChI is InChI=1S/C39H39FN6O6S/c1-24-13-14-26-27(15-16-31(40)30(26)22-53(48,49)23-33-28-10-5-6-12-34(28)52-45-33)35(24)50-36-29(11-7-18-41-36)32-17-19-42-37(44-32)43-25-9-8-20-46(21-25)38(47)51-39(2,3)4/h5-7,10-19,25H,8-9,20-23H2,1-4H3,(H,42,43,44)/t25-/m0/s1. The van der Waals surface area contributed by atoms with Gasteiger partial charge < -0.3 is 24.2 Å². The molecular formula is C39H39FN6O6S. The summed E-state index contributed by atoms with van der Waals surface area (Å²) in [4.78, 5) is 28.1. The van der Waals surface area contributed by atoms with E-state index in [1.807, 2.05) is 33.8 Å². The normalized spacial score (nSPS) is 15.1. The maximum absolute atomic E-state index is 15.5. The molecule has 3 aromatic carbocycles. The first-order valence-corrected chi connectivity index (χ1v) is 19.1. The minimum absolute atomic E-state index is 0.0286. The van der Waals surface area contributed by atoms with Crippen molar-refractivity contribution < 1.29 is 31.6 Å². The van der Waals surface area contributed by atoms with E-state index in [0.29, 0.717) is 57.8 Å². The van der Waals surface area contributed by atoms with Crippen LogP contribution in [0.1, 0.15) is 50.4 Å². The lowest BCUT2D eigenvalue weighted by Gasteiger charge is -2.34. The number of pyridine rings is 1. The second-order valence-corrected chi connectivity index (χ2v) is 16.2. The predicted octanol–water partition coefficient (Wildman–Crippen LogP) is 8.00. The number of anilines is 1. The highest BCUT2D eigenvalue weighted by molar-refractivity contribution is 7.89. The van der Waals surface area contributed by atoms with E-state index >= 15 is 4.39 Å². The molecule has 14 heteroatoms. The molecule has 0 bridgehead atoms. The van der Waals surface area contributed by atoms with Gasteiger partial charge in [-0.25, -0.2) is 32.6 Å². The minimum atomic E-state index is -3.88. The maximum atomic E-state index is 15.5. The Kier molecular flexibility index (Phi) is 9.73. The van der Waals surface area contributed by atoms with Crippen molar-refractivity contribution in [3.05, 3.63) is 102 Å². The summed E-state index contributed by atoms with van der Waals surface area (Å²) < 4.78 is 59.8. The van der Waals surface area contributed by atoms with E-state index in [9.17, 15) is 13.2 Å². The molecule has 274 valence electrons. The van der Waals surface area contributed by atoms with Gasteiger partial charge in [0.2, 0.25) is 11.8 Å². The number of fused-ring (bicyclic) bond motifs is 2. The number of carbonyl (C=O) groups excluding carboxylic acids is 1. The molecule has 3 aromatic heterocycles. The van der Waals surface area contributed by atoms with E-state index in [0.717, 1.165) is 18.4 Å². The van der Waals surface area contributed by atoms with Gasteiger partial charge in [0.15, 0.2) is 15.4 Å². The van der Waals surface area contributed by atoms with Gasteiger partial charge in [-0.1, -0.05) is 29.4 Å². The molecule has 12 nitrogen and oxygen atoms in total. The lowest BCUT2D eigenvalue weighted by Crippen LogP contribution is -2.47. The minimum Gasteiger partial charge on any atom is -0.444 e. The van der Waals surface area contributed by atoms with E-state index in [-0.39, 0.29) is 29.3 Å². The highest BCUT2D eigenvalue weighted by Gasteiger charge is 2.28. The van der Waals surface area contributed by atoms with E-state index in [1.54, 1.807) is 71.9 Å². The number of hydrogen-bond donors (Lipinski definition) is 1. The van der Waals surface area contributed by atoms with E-state index in [2.05, 4.69) is 20.4 Å². The van der Waals surface area contributed by atoms with E-state index in [4.69, 9.17) is 19.0 Å². The Labute approximate surface area is 306 Å². The highest BCUT2D eigenvalue weighted by Crippen LogP contribution is 2.39. The van der Waals surface area contributed by atoms with Crippen LogP contribution in [0.25, 0.3) is 33.0 Å². The zero-order valence-electron chi connectivity index (χ0n) is 29.8. The topological polar surface area (TPSA) is 150 Å². The second kappa shape index (κ2) is 14.4. The van der Waals surface area contributed by atoms with Crippen LogP contribution in [0, 0.1) is 12.7 Å². The summed E-state index contributed by atoms with van der Waals surface area (Å²) in [7, 11) is -3.88. The largest absolute Gasteiger partial charge is 0.444 e. The molecule has 1 N–H and O–H groups in total. The number of aryl methyl sites for hydroxylation is 1. The fourth-order valence-corrected chi connectivity index (χ4v) is 7.90. The number of nitrogens with one attached hydrogen (secondary N) is 1. The molecule has 6 aromatic rings. The van der Waals surface area contributed by atoms with Gasteiger partial charge >= 0.3 is 6.09 Å². The number of para-hydroxylation sites is 1. The van der Waals surface area contributed by atoms with Crippen LogP contribution in [-0.4, -0.2) is 64.3 Å². The van der Waals surface area contributed by atoms with Crippen LogP contribution in [-0.2, 0) is 26.1 Å². The molecule has 0 aliphatic carbocycles. The number of aromatic nitrogens is 4. The quantitative estimate of drug-likeness (QED) is 0.154. The number of likely N-dealkylation sites (tertiary alicyclic amines) is 1. The van der Waals surface area contributed by atoms with Crippen LogP contribution in [0.5, 0.6) is 11.6 Å². The average molecular weight is 739 g/mol. The lowest BCUT2D eigenvalue weighted by molar-refractivity contribution is 0.0206. The van der Waals surface area contributed by atoms with Gasteiger partial charge in [0.05, 0.1) is 22.8 Å². The van der Waals surface area contributed by atoms with Gasteiger partial charge in [-0.15, -0.1) is 0 Å². The summed E-state index contributed by atoms with van der Waals surface area (Å²) in [5.74, 6) is -0.576. The van der Waals surface area contributed by atoms with Crippen molar-refractivity contribution in [1.82, 2.24) is 25.0 Å². The molecule has 0 radical (unpaired) electrons. The van der Waals surface area contributed by atoms with Crippen molar-refractivity contribution in [3.8, 4) is 22.9 Å². The number of ether oxygens (including phenoxy) is 2. The first-order valence-electron chi connectivity index (χ1n) is 17.3. The number of carbonyl (C=O) groups is 1. The summed E-state index contributed by atoms with van der Waals surface area (Å²) in [6.45, 7) is 8.45. The predicted molar refractivity (Wildman–Crippen MR) is 199 cm³/mol. The third-order valence-corrected chi connectivity index (χ3v) is 10.3. The summed E-state index contributed by atoms with van der Waals surface area (Å²) in [6, 6.07) is 18.5. The highest BCUT2D eigenvalue weighted by atomic mass is 32.2. The molecular weight excluding hydrogens is 700 g/mol. The summed E-state index contributed by atoms with van der Waals surface area (Å²) in [6.07, 6.45) is 4.51. The van der Waals surface area contributed by atoms with Crippen LogP contribution >= 0.6 is 0 Å². The Balaban J connectivity index is 1.14. The SMILES string of the molecule is Cc1ccc2c(CS(=O)(=O)Cc3noc4ccccc34)c(F)ccc2c1Oc1ncccc1-c1ccnc(N[C@H]2CCCN(C(=O)OC(C)(C)C)C2)n1. The molecule has 4 heterocycles. The van der Waals surface area contributed by atoms with Gasteiger partial charge in [-0.2, -0.15) is 0 Å². The van der Waals surface area contributed by atoms with Crippen molar-refractivity contribution in [2.45, 2.75) is 63.7 Å². The molecule has 1 aliphatic heterocycles. The van der Waals surface area contributed by atoms with Gasteiger partial charge in [0.25, 0.3) is 0 Å². The van der Waals surface area contributed by atoms with E-state index < -0.39 is 32.8 Å². The number of sulfone groups is 1. The van der Waals surface area contributed by atoms with Crippen LogP contribution in [0.15, 0.2) is 83.6 Å². The second-order valence-electron chi connectivity index (χ2n) is 14.1. The summed E-state index contributed by atoms with van der Waals surface area (Å²) >= 11 is 0. The van der Waals surface area contributed by atoms with Crippen molar-refractivity contribution in [2.75, 3.05) is 18.4 Å². The molecule has 1 atom stereocenters.